The quantitative estimate of drug-likeness (QED) is 0.487. The fourth-order valence-corrected chi connectivity index (χ4v) is 1.07. The molecule has 3 heteroatoms. The van der Waals surface area contributed by atoms with Crippen LogP contribution in [0.4, 0.5) is 0 Å². The van der Waals surface area contributed by atoms with E-state index >= 15 is 0 Å². The van der Waals surface area contributed by atoms with Gasteiger partial charge < -0.3 is 9.47 Å². The number of carbonyl (C=O) groups excluding carboxylic acids is 1. The van der Waals surface area contributed by atoms with E-state index in [1.807, 2.05) is 6.92 Å². The van der Waals surface area contributed by atoms with Gasteiger partial charge in [-0.05, 0) is 26.3 Å². The molecule has 0 aliphatic rings. The minimum Gasteiger partial charge on any atom is -0.466 e. The zero-order chi connectivity index (χ0) is 11.0. The van der Waals surface area contributed by atoms with Crippen LogP contribution in [0, 0.1) is 0 Å². The zero-order valence-corrected chi connectivity index (χ0v) is 9.50. The summed E-state index contributed by atoms with van der Waals surface area (Å²) in [6, 6.07) is 0. The highest BCUT2D eigenvalue weighted by molar-refractivity contribution is 5.87. The van der Waals surface area contributed by atoms with Crippen molar-refractivity contribution in [1.29, 1.82) is 0 Å². The summed E-state index contributed by atoms with van der Waals surface area (Å²) >= 11 is 0. The van der Waals surface area contributed by atoms with Crippen LogP contribution in [-0.2, 0) is 14.3 Å². The van der Waals surface area contributed by atoms with Crippen molar-refractivity contribution >= 4 is 5.97 Å². The third-order valence-electron chi connectivity index (χ3n) is 1.97. The topological polar surface area (TPSA) is 35.5 Å². The van der Waals surface area contributed by atoms with E-state index in [2.05, 4.69) is 11.7 Å². The zero-order valence-electron chi connectivity index (χ0n) is 9.50. The SMILES string of the molecule is CCCC(C)OC/C=C(/C)C(=O)OC. The molecule has 0 radical (unpaired) electrons. The third-order valence-corrected chi connectivity index (χ3v) is 1.97. The van der Waals surface area contributed by atoms with Gasteiger partial charge in [0.15, 0.2) is 0 Å². The Morgan fingerprint density at radius 2 is 2.14 bits per heavy atom. The van der Waals surface area contributed by atoms with Gasteiger partial charge in [0.2, 0.25) is 0 Å². The smallest absolute Gasteiger partial charge is 0.333 e. The molecular weight excluding hydrogens is 180 g/mol. The Bertz CT molecular complexity index is 197. The summed E-state index contributed by atoms with van der Waals surface area (Å²) < 4.78 is 10.0. The molecule has 0 aromatic rings. The lowest BCUT2D eigenvalue weighted by Gasteiger charge is -2.09. The highest BCUT2D eigenvalue weighted by Gasteiger charge is 2.03. The van der Waals surface area contributed by atoms with E-state index in [9.17, 15) is 4.79 Å². The Kier molecular flexibility index (Phi) is 7.11. The molecular formula is C11H20O3. The van der Waals surface area contributed by atoms with Crippen LogP contribution in [-0.4, -0.2) is 25.8 Å². The van der Waals surface area contributed by atoms with Crippen molar-refractivity contribution in [2.75, 3.05) is 13.7 Å². The fraction of sp³-hybridized carbons (Fsp3) is 0.727. The minimum atomic E-state index is -0.295. The maximum atomic E-state index is 11.0. The highest BCUT2D eigenvalue weighted by Crippen LogP contribution is 2.02. The van der Waals surface area contributed by atoms with Crippen LogP contribution in [0.1, 0.15) is 33.6 Å². The highest BCUT2D eigenvalue weighted by atomic mass is 16.5. The molecule has 0 saturated carbocycles. The number of rotatable bonds is 6. The lowest BCUT2D eigenvalue weighted by molar-refractivity contribution is -0.136. The second-order valence-corrected chi connectivity index (χ2v) is 3.31. The van der Waals surface area contributed by atoms with Gasteiger partial charge in [-0.1, -0.05) is 13.3 Å². The number of esters is 1. The standard InChI is InChI=1S/C11H20O3/c1-5-6-10(3)14-8-7-9(2)11(12)13-4/h7,10H,5-6,8H2,1-4H3/b9-7-. The molecule has 0 amide bonds. The Morgan fingerprint density at radius 3 is 2.64 bits per heavy atom. The summed E-state index contributed by atoms with van der Waals surface area (Å²) in [5.74, 6) is -0.295. The summed E-state index contributed by atoms with van der Waals surface area (Å²) in [5, 5.41) is 0. The molecule has 0 aliphatic carbocycles. The fourth-order valence-electron chi connectivity index (χ4n) is 1.07. The molecule has 1 unspecified atom stereocenters. The van der Waals surface area contributed by atoms with E-state index < -0.39 is 0 Å². The summed E-state index contributed by atoms with van der Waals surface area (Å²) in [4.78, 5) is 11.0. The van der Waals surface area contributed by atoms with Crippen molar-refractivity contribution < 1.29 is 14.3 Å². The van der Waals surface area contributed by atoms with Crippen LogP contribution in [0.3, 0.4) is 0 Å². The maximum absolute atomic E-state index is 11.0. The van der Waals surface area contributed by atoms with Crippen molar-refractivity contribution in [2.24, 2.45) is 0 Å². The van der Waals surface area contributed by atoms with Crippen molar-refractivity contribution in [1.82, 2.24) is 0 Å². The van der Waals surface area contributed by atoms with Gasteiger partial charge in [-0.3, -0.25) is 0 Å². The van der Waals surface area contributed by atoms with E-state index in [1.165, 1.54) is 7.11 Å². The molecule has 82 valence electrons. The van der Waals surface area contributed by atoms with Crippen LogP contribution in [0.2, 0.25) is 0 Å². The maximum Gasteiger partial charge on any atom is 0.333 e. The molecule has 0 aromatic heterocycles. The monoisotopic (exact) mass is 200 g/mol. The van der Waals surface area contributed by atoms with Gasteiger partial charge in [0.25, 0.3) is 0 Å². The van der Waals surface area contributed by atoms with Crippen molar-refractivity contribution in [3.8, 4) is 0 Å². The number of ether oxygens (including phenoxy) is 2. The molecule has 1 atom stereocenters. The first-order valence-corrected chi connectivity index (χ1v) is 4.98. The summed E-state index contributed by atoms with van der Waals surface area (Å²) in [7, 11) is 1.38. The van der Waals surface area contributed by atoms with E-state index in [1.54, 1.807) is 13.0 Å². The van der Waals surface area contributed by atoms with E-state index in [4.69, 9.17) is 4.74 Å². The van der Waals surface area contributed by atoms with Crippen molar-refractivity contribution in [3.05, 3.63) is 11.6 Å². The largest absolute Gasteiger partial charge is 0.466 e. The Labute approximate surface area is 86.1 Å². The van der Waals surface area contributed by atoms with Crippen LogP contribution < -0.4 is 0 Å². The van der Waals surface area contributed by atoms with Crippen LogP contribution in [0.25, 0.3) is 0 Å². The molecule has 3 nitrogen and oxygen atoms in total. The molecule has 0 rings (SSSR count). The van der Waals surface area contributed by atoms with Gasteiger partial charge in [0.05, 0.1) is 19.8 Å². The predicted octanol–water partition coefficient (Wildman–Crippen LogP) is 2.31. The average molecular weight is 200 g/mol. The average Bonchev–Trinajstić information content (AvgIpc) is 2.16. The predicted molar refractivity (Wildman–Crippen MR) is 56.1 cm³/mol. The van der Waals surface area contributed by atoms with Crippen LogP contribution in [0.5, 0.6) is 0 Å². The summed E-state index contributed by atoms with van der Waals surface area (Å²) in [6.07, 6.45) is 4.16. The molecule has 0 bridgehead atoms. The van der Waals surface area contributed by atoms with Crippen molar-refractivity contribution in [3.63, 3.8) is 0 Å². The van der Waals surface area contributed by atoms with Gasteiger partial charge in [0, 0.05) is 5.57 Å². The Morgan fingerprint density at radius 1 is 1.50 bits per heavy atom. The second-order valence-electron chi connectivity index (χ2n) is 3.31. The molecule has 14 heavy (non-hydrogen) atoms. The first-order valence-electron chi connectivity index (χ1n) is 4.98. The number of hydrogen-bond donors (Lipinski definition) is 0. The molecule has 0 saturated heterocycles. The third kappa shape index (κ3) is 5.75. The molecule has 0 spiro atoms. The van der Waals surface area contributed by atoms with Gasteiger partial charge in [-0.25, -0.2) is 4.79 Å². The van der Waals surface area contributed by atoms with Crippen LogP contribution in [0.15, 0.2) is 11.6 Å². The van der Waals surface area contributed by atoms with Gasteiger partial charge in [0.1, 0.15) is 0 Å². The first-order chi connectivity index (χ1) is 6.61. The molecule has 0 fully saturated rings. The number of hydrogen-bond acceptors (Lipinski definition) is 3. The van der Waals surface area contributed by atoms with E-state index in [0.717, 1.165) is 12.8 Å². The molecule has 0 heterocycles. The van der Waals surface area contributed by atoms with Gasteiger partial charge in [-0.2, -0.15) is 0 Å². The lowest BCUT2D eigenvalue weighted by Crippen LogP contribution is -2.09. The van der Waals surface area contributed by atoms with E-state index in [0.29, 0.717) is 12.2 Å². The van der Waals surface area contributed by atoms with Crippen LogP contribution >= 0.6 is 0 Å². The minimum absolute atomic E-state index is 0.252. The Hall–Kier alpha value is -0.830. The van der Waals surface area contributed by atoms with Gasteiger partial charge in [-0.15, -0.1) is 0 Å². The van der Waals surface area contributed by atoms with E-state index in [-0.39, 0.29) is 12.1 Å². The Balaban J connectivity index is 3.75. The molecule has 0 aromatic carbocycles. The second kappa shape index (κ2) is 7.56. The lowest BCUT2D eigenvalue weighted by atomic mass is 10.2. The van der Waals surface area contributed by atoms with Gasteiger partial charge >= 0.3 is 5.97 Å². The first kappa shape index (κ1) is 13.2. The molecule has 0 N–H and O–H groups in total. The summed E-state index contributed by atoms with van der Waals surface area (Å²) in [5.41, 5.74) is 0.594. The number of carbonyl (C=O) groups is 1. The number of methoxy groups -OCH3 is 1. The summed E-state index contributed by atoms with van der Waals surface area (Å²) in [6.45, 7) is 6.35. The van der Waals surface area contributed by atoms with Crippen molar-refractivity contribution in [2.45, 2.75) is 39.7 Å². The molecule has 0 aliphatic heterocycles. The normalized spacial score (nSPS) is 13.9.